The minimum absolute atomic E-state index is 0.0219. The van der Waals surface area contributed by atoms with Crippen molar-refractivity contribution < 1.29 is 9.66 Å². The van der Waals surface area contributed by atoms with E-state index >= 15 is 0 Å². The molecule has 0 saturated carbocycles. The molecule has 0 aliphatic heterocycles. The summed E-state index contributed by atoms with van der Waals surface area (Å²) in [6, 6.07) is 8.89. The van der Waals surface area contributed by atoms with Gasteiger partial charge in [0.05, 0.1) is 12.0 Å². The fourth-order valence-corrected chi connectivity index (χ4v) is 2.43. The number of nitrogens with zero attached hydrogens (tertiary/aromatic N) is 1. The van der Waals surface area contributed by atoms with E-state index in [1.807, 2.05) is 11.4 Å². The molecule has 5 nitrogen and oxygen atoms in total. The van der Waals surface area contributed by atoms with Gasteiger partial charge in [0.2, 0.25) is 0 Å². The molecule has 0 bridgehead atoms. The minimum Gasteiger partial charge on any atom is -0.490 e. The smallest absolute Gasteiger partial charge is 0.311 e. The highest BCUT2D eigenvalue weighted by molar-refractivity contribution is 7.09. The van der Waals surface area contributed by atoms with Crippen LogP contribution in [0.5, 0.6) is 5.75 Å². The van der Waals surface area contributed by atoms with Crippen LogP contribution < -0.4 is 10.1 Å². The number of hydrogen-bond acceptors (Lipinski definition) is 5. The van der Waals surface area contributed by atoms with E-state index in [-0.39, 0.29) is 11.4 Å². The normalized spacial score (nSPS) is 10.2. The Hall–Kier alpha value is -2.08. The standard InChI is InChI=1S/C13H14N2O3S/c1-18-13-9-10(4-5-12(13)15(16)17)14-7-6-11-3-2-8-19-11/h2-5,8-9,14H,6-7H2,1H3. The number of anilines is 1. The van der Waals surface area contributed by atoms with Crippen LogP contribution in [-0.2, 0) is 6.42 Å². The predicted octanol–water partition coefficient (Wildman–Crippen LogP) is 3.32. The van der Waals surface area contributed by atoms with Gasteiger partial charge in [0.15, 0.2) is 5.75 Å². The molecular formula is C13H14N2O3S. The molecule has 1 aromatic heterocycles. The molecular weight excluding hydrogens is 264 g/mol. The lowest BCUT2D eigenvalue weighted by atomic mass is 10.2. The Morgan fingerprint density at radius 3 is 2.89 bits per heavy atom. The van der Waals surface area contributed by atoms with Crippen LogP contribution in [0.1, 0.15) is 4.88 Å². The average Bonchev–Trinajstić information content (AvgIpc) is 2.91. The predicted molar refractivity (Wildman–Crippen MR) is 76.2 cm³/mol. The summed E-state index contributed by atoms with van der Waals surface area (Å²) >= 11 is 1.72. The van der Waals surface area contributed by atoms with Crippen molar-refractivity contribution in [2.45, 2.75) is 6.42 Å². The summed E-state index contributed by atoms with van der Waals surface area (Å²) in [4.78, 5) is 11.6. The van der Waals surface area contributed by atoms with E-state index < -0.39 is 4.92 Å². The van der Waals surface area contributed by atoms with Crippen molar-refractivity contribution in [1.29, 1.82) is 0 Å². The first kappa shape index (κ1) is 13.4. The van der Waals surface area contributed by atoms with Crippen LogP contribution >= 0.6 is 11.3 Å². The van der Waals surface area contributed by atoms with Gasteiger partial charge in [0, 0.05) is 29.2 Å². The van der Waals surface area contributed by atoms with Crippen molar-refractivity contribution in [1.82, 2.24) is 0 Å². The van der Waals surface area contributed by atoms with E-state index in [0.29, 0.717) is 0 Å². The van der Waals surface area contributed by atoms with Crippen molar-refractivity contribution in [3.05, 3.63) is 50.7 Å². The van der Waals surface area contributed by atoms with E-state index in [4.69, 9.17) is 4.74 Å². The van der Waals surface area contributed by atoms with Crippen LogP contribution in [0.15, 0.2) is 35.7 Å². The van der Waals surface area contributed by atoms with E-state index in [0.717, 1.165) is 18.7 Å². The van der Waals surface area contributed by atoms with Gasteiger partial charge in [-0.05, 0) is 23.9 Å². The summed E-state index contributed by atoms with van der Waals surface area (Å²) in [7, 11) is 1.43. The second-order valence-corrected chi connectivity index (χ2v) is 4.93. The number of nitro groups is 1. The molecule has 1 heterocycles. The van der Waals surface area contributed by atoms with Crippen LogP contribution in [0, 0.1) is 10.1 Å². The minimum atomic E-state index is -0.450. The summed E-state index contributed by atoms with van der Waals surface area (Å²) in [5, 5.41) is 16.0. The van der Waals surface area contributed by atoms with Crippen molar-refractivity contribution in [2.75, 3.05) is 19.0 Å². The highest BCUT2D eigenvalue weighted by Gasteiger charge is 2.14. The molecule has 0 aliphatic carbocycles. The zero-order valence-corrected chi connectivity index (χ0v) is 11.3. The first-order valence-electron chi connectivity index (χ1n) is 5.79. The summed E-state index contributed by atoms with van der Waals surface area (Å²) in [6.07, 6.45) is 0.928. The van der Waals surface area contributed by atoms with Crippen LogP contribution in [0.2, 0.25) is 0 Å². The summed E-state index contributed by atoms with van der Waals surface area (Å²) in [5.74, 6) is 0.270. The maximum Gasteiger partial charge on any atom is 0.311 e. The Balaban J connectivity index is 1.99. The van der Waals surface area contributed by atoms with Crippen LogP contribution in [-0.4, -0.2) is 18.6 Å². The lowest BCUT2D eigenvalue weighted by Gasteiger charge is -2.07. The van der Waals surface area contributed by atoms with Gasteiger partial charge in [-0.2, -0.15) is 0 Å². The molecule has 6 heteroatoms. The molecule has 2 rings (SSSR count). The molecule has 100 valence electrons. The van der Waals surface area contributed by atoms with Crippen molar-refractivity contribution >= 4 is 22.7 Å². The Bertz CT molecular complexity index is 555. The summed E-state index contributed by atoms with van der Waals surface area (Å²) < 4.78 is 5.02. The molecule has 0 atom stereocenters. The maximum absolute atomic E-state index is 10.8. The zero-order chi connectivity index (χ0) is 13.7. The van der Waals surface area contributed by atoms with Crippen molar-refractivity contribution in [3.8, 4) is 5.75 Å². The third kappa shape index (κ3) is 3.45. The van der Waals surface area contributed by atoms with Crippen molar-refractivity contribution in [2.24, 2.45) is 0 Å². The highest BCUT2D eigenvalue weighted by atomic mass is 32.1. The quantitative estimate of drug-likeness (QED) is 0.650. The van der Waals surface area contributed by atoms with Gasteiger partial charge in [-0.25, -0.2) is 0 Å². The second-order valence-electron chi connectivity index (χ2n) is 3.90. The molecule has 1 N–H and O–H groups in total. The van der Waals surface area contributed by atoms with Gasteiger partial charge in [-0.15, -0.1) is 11.3 Å². The Morgan fingerprint density at radius 2 is 2.26 bits per heavy atom. The fourth-order valence-electron chi connectivity index (χ4n) is 1.72. The Labute approximate surface area is 115 Å². The molecule has 0 radical (unpaired) electrons. The average molecular weight is 278 g/mol. The lowest BCUT2D eigenvalue weighted by molar-refractivity contribution is -0.385. The van der Waals surface area contributed by atoms with E-state index in [9.17, 15) is 10.1 Å². The molecule has 2 aromatic rings. The summed E-state index contributed by atoms with van der Waals surface area (Å²) in [5.41, 5.74) is 0.797. The maximum atomic E-state index is 10.8. The monoisotopic (exact) mass is 278 g/mol. The number of hydrogen-bond donors (Lipinski definition) is 1. The number of rotatable bonds is 6. The molecule has 0 fully saturated rings. The molecule has 0 saturated heterocycles. The Kier molecular flexibility index (Phi) is 4.35. The molecule has 0 aliphatic rings. The van der Waals surface area contributed by atoms with Crippen molar-refractivity contribution in [3.63, 3.8) is 0 Å². The number of methoxy groups -OCH3 is 1. The first-order chi connectivity index (χ1) is 9.20. The van der Waals surface area contributed by atoms with E-state index in [1.54, 1.807) is 23.5 Å². The number of nitrogens with one attached hydrogen (secondary N) is 1. The molecule has 19 heavy (non-hydrogen) atoms. The van der Waals surface area contributed by atoms with Gasteiger partial charge in [-0.1, -0.05) is 6.07 Å². The topological polar surface area (TPSA) is 64.4 Å². The number of thiophene rings is 1. The zero-order valence-electron chi connectivity index (χ0n) is 10.5. The second kappa shape index (κ2) is 6.19. The van der Waals surface area contributed by atoms with Gasteiger partial charge >= 0.3 is 5.69 Å². The first-order valence-corrected chi connectivity index (χ1v) is 6.67. The fraction of sp³-hybridized carbons (Fsp3) is 0.231. The summed E-state index contributed by atoms with van der Waals surface area (Å²) in [6.45, 7) is 0.779. The van der Waals surface area contributed by atoms with Gasteiger partial charge < -0.3 is 10.1 Å². The number of ether oxygens (including phenoxy) is 1. The number of benzene rings is 1. The molecule has 0 amide bonds. The third-order valence-corrected chi connectivity index (χ3v) is 3.59. The van der Waals surface area contributed by atoms with Gasteiger partial charge in [-0.3, -0.25) is 10.1 Å². The van der Waals surface area contributed by atoms with E-state index in [2.05, 4.69) is 11.4 Å². The SMILES string of the molecule is COc1cc(NCCc2cccs2)ccc1[N+](=O)[O-]. The van der Waals surface area contributed by atoms with Crippen LogP contribution in [0.3, 0.4) is 0 Å². The lowest BCUT2D eigenvalue weighted by Crippen LogP contribution is -2.04. The molecule has 0 spiro atoms. The Morgan fingerprint density at radius 1 is 1.42 bits per heavy atom. The third-order valence-electron chi connectivity index (χ3n) is 2.66. The molecule has 1 aromatic carbocycles. The van der Waals surface area contributed by atoms with E-state index in [1.165, 1.54) is 18.1 Å². The highest BCUT2D eigenvalue weighted by Crippen LogP contribution is 2.29. The largest absolute Gasteiger partial charge is 0.490 e. The van der Waals surface area contributed by atoms with Gasteiger partial charge in [0.1, 0.15) is 0 Å². The number of nitro benzene ring substituents is 1. The molecule has 0 unspecified atom stereocenters. The van der Waals surface area contributed by atoms with Crippen LogP contribution in [0.4, 0.5) is 11.4 Å². The van der Waals surface area contributed by atoms with Crippen LogP contribution in [0.25, 0.3) is 0 Å². The van der Waals surface area contributed by atoms with Gasteiger partial charge in [0.25, 0.3) is 0 Å².